The third-order valence-corrected chi connectivity index (χ3v) is 5.40. The summed E-state index contributed by atoms with van der Waals surface area (Å²) in [4.78, 5) is 12.7. The Hall–Kier alpha value is -1.93. The van der Waals surface area contributed by atoms with Crippen molar-refractivity contribution in [2.24, 2.45) is 5.92 Å². The van der Waals surface area contributed by atoms with Crippen LogP contribution >= 0.6 is 0 Å². The summed E-state index contributed by atoms with van der Waals surface area (Å²) in [6.07, 6.45) is 2.19. The van der Waals surface area contributed by atoms with Gasteiger partial charge >= 0.3 is 0 Å². The monoisotopic (exact) mass is 322 g/mol. The third kappa shape index (κ3) is 2.59. The third-order valence-electron chi connectivity index (χ3n) is 4.10. The number of sulfonamides is 1. The molecular formula is C14H18N4O3S. The number of piperidine rings is 1. The van der Waals surface area contributed by atoms with Crippen molar-refractivity contribution in [1.29, 1.82) is 0 Å². The molecule has 8 heteroatoms. The second-order valence-electron chi connectivity index (χ2n) is 5.59. The van der Waals surface area contributed by atoms with Gasteiger partial charge in [-0.25, -0.2) is 12.7 Å². The standard InChI is InChI=1S/C14H18N4O3S/c1-22(20,21)17-8-6-10(7-9-17)14(19)18-12-5-3-2-4-11(12)13(15)16-18/h2-5,10H,6-9H2,1H3,(H2,15,16). The minimum atomic E-state index is -3.19. The highest BCUT2D eigenvalue weighted by molar-refractivity contribution is 7.88. The largest absolute Gasteiger partial charge is 0.382 e. The molecule has 1 saturated heterocycles. The van der Waals surface area contributed by atoms with Crippen LogP contribution in [0.15, 0.2) is 24.3 Å². The highest BCUT2D eigenvalue weighted by atomic mass is 32.2. The van der Waals surface area contributed by atoms with Crippen LogP contribution in [0.1, 0.15) is 17.6 Å². The molecule has 1 aliphatic rings. The Morgan fingerprint density at radius 1 is 1.27 bits per heavy atom. The van der Waals surface area contributed by atoms with E-state index in [1.807, 2.05) is 24.3 Å². The first-order valence-electron chi connectivity index (χ1n) is 7.10. The van der Waals surface area contributed by atoms with Crippen molar-refractivity contribution in [2.75, 3.05) is 25.1 Å². The van der Waals surface area contributed by atoms with Gasteiger partial charge in [0, 0.05) is 24.4 Å². The fourth-order valence-electron chi connectivity index (χ4n) is 2.87. The molecule has 22 heavy (non-hydrogen) atoms. The van der Waals surface area contributed by atoms with Crippen LogP contribution in [-0.2, 0) is 10.0 Å². The van der Waals surface area contributed by atoms with Crippen LogP contribution in [0.2, 0.25) is 0 Å². The van der Waals surface area contributed by atoms with Gasteiger partial charge in [0.2, 0.25) is 10.0 Å². The maximum Gasteiger partial charge on any atom is 0.250 e. The second-order valence-corrected chi connectivity index (χ2v) is 7.57. The molecule has 2 N–H and O–H groups in total. The highest BCUT2D eigenvalue weighted by Crippen LogP contribution is 2.25. The van der Waals surface area contributed by atoms with E-state index in [1.165, 1.54) is 15.2 Å². The minimum Gasteiger partial charge on any atom is -0.382 e. The minimum absolute atomic E-state index is 0.124. The number of hydrogen-bond donors (Lipinski definition) is 1. The number of para-hydroxylation sites is 1. The van der Waals surface area contributed by atoms with E-state index in [0.29, 0.717) is 37.3 Å². The molecule has 1 fully saturated rings. The van der Waals surface area contributed by atoms with E-state index in [0.717, 1.165) is 5.39 Å². The van der Waals surface area contributed by atoms with E-state index in [4.69, 9.17) is 5.73 Å². The van der Waals surface area contributed by atoms with Gasteiger partial charge in [0.05, 0.1) is 11.8 Å². The van der Waals surface area contributed by atoms with E-state index in [-0.39, 0.29) is 11.8 Å². The van der Waals surface area contributed by atoms with Crippen LogP contribution in [0.5, 0.6) is 0 Å². The average Bonchev–Trinajstić information content (AvgIpc) is 2.83. The van der Waals surface area contributed by atoms with Gasteiger partial charge in [-0.1, -0.05) is 12.1 Å². The topological polar surface area (TPSA) is 98.3 Å². The van der Waals surface area contributed by atoms with Crippen LogP contribution in [0.3, 0.4) is 0 Å². The quantitative estimate of drug-likeness (QED) is 0.887. The molecule has 7 nitrogen and oxygen atoms in total. The smallest absolute Gasteiger partial charge is 0.250 e. The molecular weight excluding hydrogens is 304 g/mol. The van der Waals surface area contributed by atoms with E-state index < -0.39 is 10.0 Å². The lowest BCUT2D eigenvalue weighted by molar-refractivity contribution is 0.0777. The van der Waals surface area contributed by atoms with Crippen LogP contribution in [0, 0.1) is 5.92 Å². The molecule has 0 unspecified atom stereocenters. The lowest BCUT2D eigenvalue weighted by Crippen LogP contribution is -2.40. The van der Waals surface area contributed by atoms with Crippen LogP contribution in [0.25, 0.3) is 10.9 Å². The van der Waals surface area contributed by atoms with Gasteiger partial charge in [0.15, 0.2) is 5.82 Å². The van der Waals surface area contributed by atoms with E-state index in [9.17, 15) is 13.2 Å². The van der Waals surface area contributed by atoms with Gasteiger partial charge in [-0.05, 0) is 25.0 Å². The molecule has 0 atom stereocenters. The summed E-state index contributed by atoms with van der Waals surface area (Å²) >= 11 is 0. The average molecular weight is 322 g/mol. The number of carbonyl (C=O) groups is 1. The molecule has 1 aliphatic heterocycles. The van der Waals surface area contributed by atoms with Crippen LogP contribution < -0.4 is 5.73 Å². The Labute approximate surface area is 128 Å². The number of hydrogen-bond acceptors (Lipinski definition) is 5. The van der Waals surface area contributed by atoms with Crippen molar-refractivity contribution >= 4 is 32.7 Å². The number of nitrogens with two attached hydrogens (primary N) is 1. The molecule has 3 rings (SSSR count). The fraction of sp³-hybridized carbons (Fsp3) is 0.429. The molecule has 1 aromatic heterocycles. The summed E-state index contributed by atoms with van der Waals surface area (Å²) in [5.41, 5.74) is 6.54. The molecule has 0 aliphatic carbocycles. The van der Waals surface area contributed by atoms with Gasteiger partial charge in [0.1, 0.15) is 0 Å². The zero-order chi connectivity index (χ0) is 15.9. The molecule has 0 amide bonds. The number of nitrogen functional groups attached to an aromatic ring is 1. The van der Waals surface area contributed by atoms with E-state index >= 15 is 0 Å². The Morgan fingerprint density at radius 2 is 1.91 bits per heavy atom. The maximum atomic E-state index is 12.7. The van der Waals surface area contributed by atoms with Gasteiger partial charge in [-0.2, -0.15) is 4.68 Å². The van der Waals surface area contributed by atoms with Gasteiger partial charge in [-0.3, -0.25) is 4.79 Å². The first kappa shape index (κ1) is 15.0. The number of benzene rings is 1. The SMILES string of the molecule is CS(=O)(=O)N1CCC(C(=O)n2nc(N)c3ccccc32)CC1. The van der Waals surface area contributed by atoms with Crippen molar-refractivity contribution < 1.29 is 13.2 Å². The Balaban J connectivity index is 1.83. The van der Waals surface area contributed by atoms with Gasteiger partial charge in [-0.15, -0.1) is 5.10 Å². The normalized spacial score (nSPS) is 17.9. The van der Waals surface area contributed by atoms with Crippen LogP contribution in [0.4, 0.5) is 5.82 Å². The zero-order valence-electron chi connectivity index (χ0n) is 12.3. The van der Waals surface area contributed by atoms with E-state index in [2.05, 4.69) is 5.10 Å². The molecule has 118 valence electrons. The predicted octanol–water partition coefficient (Wildman–Crippen LogP) is 0.930. The highest BCUT2D eigenvalue weighted by Gasteiger charge is 2.30. The lowest BCUT2D eigenvalue weighted by Gasteiger charge is -2.29. The van der Waals surface area contributed by atoms with Crippen molar-refractivity contribution in [2.45, 2.75) is 12.8 Å². The molecule has 1 aromatic carbocycles. The maximum absolute atomic E-state index is 12.7. The number of rotatable bonds is 2. The van der Waals surface area contributed by atoms with Crippen LogP contribution in [-0.4, -0.2) is 47.8 Å². The molecule has 2 aromatic rings. The van der Waals surface area contributed by atoms with Crippen molar-refractivity contribution in [3.63, 3.8) is 0 Å². The van der Waals surface area contributed by atoms with Crippen molar-refractivity contribution in [3.05, 3.63) is 24.3 Å². The number of carbonyl (C=O) groups excluding carboxylic acids is 1. The first-order valence-corrected chi connectivity index (χ1v) is 8.95. The van der Waals surface area contributed by atoms with Crippen molar-refractivity contribution in [1.82, 2.24) is 14.1 Å². The number of aromatic nitrogens is 2. The fourth-order valence-corrected chi connectivity index (χ4v) is 3.74. The molecule has 0 bridgehead atoms. The Kier molecular flexibility index (Phi) is 3.65. The number of anilines is 1. The Bertz CT molecular complexity index is 820. The van der Waals surface area contributed by atoms with E-state index in [1.54, 1.807) is 0 Å². The molecule has 2 heterocycles. The summed E-state index contributed by atoms with van der Waals surface area (Å²) in [5.74, 6) is -0.0284. The summed E-state index contributed by atoms with van der Waals surface area (Å²) in [5, 5.41) is 4.90. The summed E-state index contributed by atoms with van der Waals surface area (Å²) in [6, 6.07) is 7.31. The zero-order valence-corrected chi connectivity index (χ0v) is 13.1. The first-order chi connectivity index (χ1) is 10.4. The lowest BCUT2D eigenvalue weighted by atomic mass is 9.97. The molecule has 0 spiro atoms. The molecule has 0 saturated carbocycles. The number of nitrogens with zero attached hydrogens (tertiary/aromatic N) is 3. The van der Waals surface area contributed by atoms with Gasteiger partial charge < -0.3 is 5.73 Å². The van der Waals surface area contributed by atoms with Gasteiger partial charge in [0.25, 0.3) is 5.91 Å². The summed E-state index contributed by atoms with van der Waals surface area (Å²) in [6.45, 7) is 0.730. The predicted molar refractivity (Wildman–Crippen MR) is 83.9 cm³/mol. The Morgan fingerprint density at radius 3 is 2.55 bits per heavy atom. The second kappa shape index (κ2) is 5.36. The summed E-state index contributed by atoms with van der Waals surface area (Å²) in [7, 11) is -3.19. The number of fused-ring (bicyclic) bond motifs is 1. The van der Waals surface area contributed by atoms with Crippen molar-refractivity contribution in [3.8, 4) is 0 Å². The summed E-state index contributed by atoms with van der Waals surface area (Å²) < 4.78 is 25.8. The molecule has 0 radical (unpaired) electrons.